The molecule has 61 heavy (non-hydrogen) atoms. The Morgan fingerprint density at radius 1 is 0.770 bits per heavy atom. The Kier molecular flexibility index (Phi) is 10.2. The van der Waals surface area contributed by atoms with Crippen molar-refractivity contribution in [1.82, 2.24) is 49.3 Å². The lowest BCUT2D eigenvalue weighted by molar-refractivity contribution is -0.121. The first-order chi connectivity index (χ1) is 29.8. The fourth-order valence-electron chi connectivity index (χ4n) is 7.37. The van der Waals surface area contributed by atoms with Crippen molar-refractivity contribution in [3.05, 3.63) is 183 Å². The van der Waals surface area contributed by atoms with Crippen LogP contribution in [0.2, 0.25) is 0 Å². The third kappa shape index (κ3) is 7.54. The van der Waals surface area contributed by atoms with Crippen molar-refractivity contribution in [3.8, 4) is 22.8 Å². The average molecular weight is 812 g/mol. The van der Waals surface area contributed by atoms with E-state index >= 15 is 0 Å². The van der Waals surface area contributed by atoms with Gasteiger partial charge in [0.15, 0.2) is 11.5 Å². The molecule has 0 spiro atoms. The van der Waals surface area contributed by atoms with Gasteiger partial charge in [0, 0.05) is 24.4 Å². The average Bonchev–Trinajstić information content (AvgIpc) is 3.71. The molecule has 5 aromatic heterocycles. The van der Waals surface area contributed by atoms with Crippen LogP contribution in [0.25, 0.3) is 38.7 Å². The van der Waals surface area contributed by atoms with Crippen molar-refractivity contribution in [1.29, 1.82) is 0 Å². The van der Waals surface area contributed by atoms with Gasteiger partial charge < -0.3 is 9.47 Å². The number of hydrazine groups is 1. The van der Waals surface area contributed by atoms with Crippen molar-refractivity contribution in [2.24, 2.45) is 5.84 Å². The number of hydrogen-bond acceptors (Lipinski definition) is 12. The number of benzene rings is 4. The Morgan fingerprint density at radius 2 is 1.48 bits per heavy atom. The molecule has 5 heterocycles. The minimum Gasteiger partial charge on any atom is -0.497 e. The van der Waals surface area contributed by atoms with Crippen molar-refractivity contribution in [2.45, 2.75) is 25.4 Å². The summed E-state index contributed by atoms with van der Waals surface area (Å²) in [7, 11) is 3.16. The maximum absolute atomic E-state index is 14.8. The maximum atomic E-state index is 14.8. The topological polar surface area (TPSA) is 199 Å². The summed E-state index contributed by atoms with van der Waals surface area (Å²) in [5, 5.41) is 14.1. The molecule has 302 valence electrons. The second kappa shape index (κ2) is 16.3. The molecule has 0 saturated heterocycles. The summed E-state index contributed by atoms with van der Waals surface area (Å²) in [6.07, 6.45) is 5.23. The Hall–Kier alpha value is -8.11. The number of carbonyl (C=O) groups excluding carboxylic acids is 1. The van der Waals surface area contributed by atoms with Crippen molar-refractivity contribution in [2.75, 3.05) is 14.2 Å². The summed E-state index contributed by atoms with van der Waals surface area (Å²) in [6, 6.07) is 32.5. The van der Waals surface area contributed by atoms with E-state index in [4.69, 9.17) is 25.4 Å². The van der Waals surface area contributed by atoms with Gasteiger partial charge in [0.05, 0.1) is 61.1 Å². The molecule has 0 aliphatic heterocycles. The molecule has 0 radical (unpaired) electrons. The van der Waals surface area contributed by atoms with E-state index in [1.807, 2.05) is 66.7 Å². The molecule has 16 heteroatoms. The number of fused-ring (bicyclic) bond motifs is 3. The number of aromatic nitrogens is 9. The number of amides is 1. The third-order valence-corrected chi connectivity index (χ3v) is 10.6. The van der Waals surface area contributed by atoms with Crippen molar-refractivity contribution in [3.63, 3.8) is 0 Å². The smallest absolute Gasteiger partial charge is 0.261 e. The van der Waals surface area contributed by atoms with Gasteiger partial charge in [-0.25, -0.2) is 15.8 Å². The normalized spacial score (nSPS) is 11.9. The summed E-state index contributed by atoms with van der Waals surface area (Å²) < 4.78 is 15.3. The number of methoxy groups -OCH3 is 2. The molecule has 1 atom stereocenters. The number of nitrogens with two attached hydrogens (primary N) is 1. The molecule has 0 bridgehead atoms. The Balaban J connectivity index is 1.14. The van der Waals surface area contributed by atoms with E-state index in [0.717, 1.165) is 22.3 Å². The van der Waals surface area contributed by atoms with Crippen LogP contribution < -0.4 is 31.9 Å². The van der Waals surface area contributed by atoms with Gasteiger partial charge in [-0.1, -0.05) is 36.4 Å². The highest BCUT2D eigenvalue weighted by atomic mass is 16.5. The molecule has 1 amide bonds. The second-order valence-corrected chi connectivity index (χ2v) is 14.3. The lowest BCUT2D eigenvalue weighted by Crippen LogP contribution is -2.39. The van der Waals surface area contributed by atoms with E-state index in [2.05, 4.69) is 25.6 Å². The van der Waals surface area contributed by atoms with Gasteiger partial charge in [-0.2, -0.15) is 9.61 Å². The Morgan fingerprint density at radius 3 is 2.18 bits per heavy atom. The fourth-order valence-corrected chi connectivity index (χ4v) is 7.37. The zero-order chi connectivity index (χ0) is 42.0. The highest BCUT2D eigenvalue weighted by Gasteiger charge is 2.29. The molecule has 0 aliphatic carbocycles. The minimum absolute atomic E-state index is 0.0549. The summed E-state index contributed by atoms with van der Waals surface area (Å²) in [5.41, 5.74) is 7.26. The van der Waals surface area contributed by atoms with E-state index in [1.54, 1.807) is 73.6 Å². The zero-order valence-electron chi connectivity index (χ0n) is 33.0. The zero-order valence-corrected chi connectivity index (χ0v) is 33.0. The van der Waals surface area contributed by atoms with Crippen LogP contribution in [0.4, 0.5) is 0 Å². The molecule has 3 N–H and O–H groups in total. The number of ether oxygens (including phenoxy) is 2. The SMILES string of the molecule is COc1ccc(Cn2cnc3ccc(C(C(=O)NN)c4nc5ccc(Cc6nnc7ccc(-c8cccnc8)nn67)cc5c(=O)n4Cc4ccc(OC)cc4)cc3c2=O)cc1. The number of rotatable bonds is 12. The molecule has 1 unspecified atom stereocenters. The molecule has 0 fully saturated rings. The highest BCUT2D eigenvalue weighted by molar-refractivity contribution is 5.89. The number of pyridine rings is 1. The van der Waals surface area contributed by atoms with Gasteiger partial charge in [-0.3, -0.25) is 33.9 Å². The fraction of sp³-hybridized carbons (Fsp3) is 0.133. The van der Waals surface area contributed by atoms with Crippen molar-refractivity contribution >= 4 is 33.4 Å². The van der Waals surface area contributed by atoms with Gasteiger partial charge in [-0.15, -0.1) is 10.2 Å². The third-order valence-electron chi connectivity index (χ3n) is 10.6. The van der Waals surface area contributed by atoms with Gasteiger partial charge in [0.1, 0.15) is 23.2 Å². The highest BCUT2D eigenvalue weighted by Crippen LogP contribution is 2.28. The Labute approximate surface area is 346 Å². The van der Waals surface area contributed by atoms with Crippen LogP contribution in [-0.4, -0.2) is 64.0 Å². The van der Waals surface area contributed by atoms with Crippen LogP contribution >= 0.6 is 0 Å². The largest absolute Gasteiger partial charge is 0.497 e. The molecule has 9 aromatic rings. The van der Waals surface area contributed by atoms with Gasteiger partial charge in [0.25, 0.3) is 11.1 Å². The molecule has 0 saturated carbocycles. The minimum atomic E-state index is -1.21. The first-order valence-electron chi connectivity index (χ1n) is 19.2. The van der Waals surface area contributed by atoms with E-state index in [1.165, 1.54) is 15.5 Å². The van der Waals surface area contributed by atoms with Crippen LogP contribution in [0.3, 0.4) is 0 Å². The standard InChI is InChI=1S/C45H37N11O5/c1-60-32-11-5-27(6-12-32)24-54-26-48-37-16-10-30(22-35(37)44(54)58)41(43(57)50-46)42-49-38-15-9-29(20-34(38)45(59)55(42)25-28-7-13-33(61-2)14-8-28)21-40-52-51-39-18-17-36(53-56(39)40)31-4-3-19-47-23-31/h3-20,22-23,26,41H,21,24-25,46H2,1-2H3,(H,50,57). The van der Waals surface area contributed by atoms with E-state index in [-0.39, 0.29) is 35.4 Å². The van der Waals surface area contributed by atoms with Gasteiger partial charge in [-0.05, 0) is 95.1 Å². The maximum Gasteiger partial charge on any atom is 0.261 e. The molecule has 4 aromatic carbocycles. The van der Waals surface area contributed by atoms with Crippen LogP contribution in [0.1, 0.15) is 39.8 Å². The van der Waals surface area contributed by atoms with Crippen molar-refractivity contribution < 1.29 is 14.3 Å². The van der Waals surface area contributed by atoms with E-state index < -0.39 is 11.8 Å². The number of hydrogen-bond donors (Lipinski definition) is 2. The number of nitrogens with one attached hydrogen (secondary N) is 1. The summed E-state index contributed by atoms with van der Waals surface area (Å²) >= 11 is 0. The Bertz CT molecular complexity index is 3200. The van der Waals surface area contributed by atoms with Crippen LogP contribution in [0.15, 0.2) is 138 Å². The molecule has 16 nitrogen and oxygen atoms in total. The lowest BCUT2D eigenvalue weighted by Gasteiger charge is -2.21. The van der Waals surface area contributed by atoms with E-state index in [9.17, 15) is 14.4 Å². The summed E-state index contributed by atoms with van der Waals surface area (Å²) in [6.45, 7) is 0.313. The monoisotopic (exact) mass is 811 g/mol. The number of nitrogens with zero attached hydrogens (tertiary/aromatic N) is 9. The first-order valence-corrected chi connectivity index (χ1v) is 19.2. The molecule has 0 aliphatic rings. The van der Waals surface area contributed by atoms with Gasteiger partial charge in [0.2, 0.25) is 5.91 Å². The summed E-state index contributed by atoms with van der Waals surface area (Å²) in [5.74, 6) is 6.03. The lowest BCUT2D eigenvalue weighted by atomic mass is 9.95. The number of carbonyl (C=O) groups is 1. The van der Waals surface area contributed by atoms with Crippen LogP contribution in [-0.2, 0) is 24.3 Å². The van der Waals surface area contributed by atoms with Crippen LogP contribution in [0, 0.1) is 0 Å². The second-order valence-electron chi connectivity index (χ2n) is 14.3. The van der Waals surface area contributed by atoms with Gasteiger partial charge >= 0.3 is 0 Å². The molecular formula is C45H37N11O5. The van der Waals surface area contributed by atoms with Crippen LogP contribution in [0.5, 0.6) is 11.5 Å². The first kappa shape index (κ1) is 38.4. The quantitative estimate of drug-likeness (QED) is 0.100. The molecular weight excluding hydrogens is 775 g/mol. The predicted octanol–water partition coefficient (Wildman–Crippen LogP) is 4.43. The van der Waals surface area contributed by atoms with E-state index in [0.29, 0.717) is 57.1 Å². The summed E-state index contributed by atoms with van der Waals surface area (Å²) in [4.78, 5) is 56.5. The molecule has 9 rings (SSSR count). The predicted molar refractivity (Wildman–Crippen MR) is 227 cm³/mol.